The largest absolute Gasteiger partial charge is 0.497 e. The summed E-state index contributed by atoms with van der Waals surface area (Å²) < 4.78 is 5.02. The monoisotopic (exact) mass is 424 g/mol. The number of nitro groups is 1. The quantitative estimate of drug-likeness (QED) is 0.305. The highest BCUT2D eigenvalue weighted by atomic mass is 16.6. The van der Waals surface area contributed by atoms with E-state index in [1.807, 2.05) is 0 Å². The Bertz CT molecular complexity index is 1090. The van der Waals surface area contributed by atoms with Crippen molar-refractivity contribution < 1.29 is 19.2 Å². The molecule has 1 aromatic carbocycles. The fourth-order valence-corrected chi connectivity index (χ4v) is 2.36. The molecule has 0 saturated heterocycles. The van der Waals surface area contributed by atoms with Crippen molar-refractivity contribution in [3.05, 3.63) is 76.4 Å². The molecule has 0 aliphatic rings. The van der Waals surface area contributed by atoms with E-state index in [4.69, 9.17) is 4.74 Å². The summed E-state index contributed by atoms with van der Waals surface area (Å²) in [5.41, 5.74) is 9.38. The zero-order valence-electron chi connectivity index (χ0n) is 16.0. The second kappa shape index (κ2) is 9.60. The number of pyridine rings is 1. The zero-order chi connectivity index (χ0) is 22.2. The van der Waals surface area contributed by atoms with Crippen molar-refractivity contribution in [3.63, 3.8) is 0 Å². The van der Waals surface area contributed by atoms with Gasteiger partial charge in [0.05, 0.1) is 12.0 Å². The lowest BCUT2D eigenvalue weighted by molar-refractivity contribution is -0.383. The van der Waals surface area contributed by atoms with Crippen LogP contribution in [0.1, 0.15) is 20.7 Å². The number of carbonyl (C=O) groups is 2. The van der Waals surface area contributed by atoms with E-state index in [9.17, 15) is 19.7 Å². The molecule has 0 radical (unpaired) electrons. The van der Waals surface area contributed by atoms with E-state index < -0.39 is 22.4 Å². The molecule has 0 atom stereocenters. The van der Waals surface area contributed by atoms with Crippen LogP contribution in [0.15, 0.2) is 55.1 Å². The summed E-state index contributed by atoms with van der Waals surface area (Å²) in [4.78, 5) is 46.5. The van der Waals surface area contributed by atoms with Crippen LogP contribution in [0.25, 0.3) is 0 Å². The third-order valence-corrected chi connectivity index (χ3v) is 3.89. The molecule has 0 spiro atoms. The molecule has 0 fully saturated rings. The van der Waals surface area contributed by atoms with Gasteiger partial charge < -0.3 is 4.74 Å². The highest BCUT2D eigenvalue weighted by Gasteiger charge is 2.24. The SMILES string of the molecule is COc1ccc(C(=O)NNc2ncnc(NNC(=O)c3ccncc3)c2[N+](=O)[O-])cc1. The molecule has 0 unspecified atom stereocenters. The summed E-state index contributed by atoms with van der Waals surface area (Å²) in [6.45, 7) is 0. The van der Waals surface area contributed by atoms with Crippen LogP contribution >= 0.6 is 0 Å². The van der Waals surface area contributed by atoms with Crippen LogP contribution in [0.5, 0.6) is 5.75 Å². The Balaban J connectivity index is 1.71. The summed E-state index contributed by atoms with van der Waals surface area (Å²) in [6, 6.07) is 9.16. The number of anilines is 2. The van der Waals surface area contributed by atoms with Crippen molar-refractivity contribution >= 4 is 29.1 Å². The van der Waals surface area contributed by atoms with Gasteiger partial charge in [0.25, 0.3) is 11.8 Å². The topological polar surface area (TPSA) is 173 Å². The number of nitrogens with zero attached hydrogens (tertiary/aromatic N) is 4. The van der Waals surface area contributed by atoms with Gasteiger partial charge >= 0.3 is 5.69 Å². The maximum absolute atomic E-state index is 12.3. The van der Waals surface area contributed by atoms with Crippen molar-refractivity contribution in [1.82, 2.24) is 25.8 Å². The van der Waals surface area contributed by atoms with Crippen molar-refractivity contribution in [2.24, 2.45) is 0 Å². The molecule has 2 aromatic heterocycles. The van der Waals surface area contributed by atoms with Crippen LogP contribution in [0, 0.1) is 10.1 Å². The van der Waals surface area contributed by atoms with Gasteiger partial charge in [-0.1, -0.05) is 0 Å². The summed E-state index contributed by atoms with van der Waals surface area (Å²) >= 11 is 0. The summed E-state index contributed by atoms with van der Waals surface area (Å²) in [5.74, 6) is -1.12. The first kappa shape index (κ1) is 20.9. The number of methoxy groups -OCH3 is 1. The number of hydrogen-bond donors (Lipinski definition) is 4. The lowest BCUT2D eigenvalue weighted by Crippen LogP contribution is -2.32. The Labute approximate surface area is 175 Å². The van der Waals surface area contributed by atoms with E-state index in [1.54, 1.807) is 12.1 Å². The molecule has 13 nitrogen and oxygen atoms in total. The number of hydrogen-bond acceptors (Lipinski definition) is 10. The third kappa shape index (κ3) is 5.17. The zero-order valence-corrected chi connectivity index (χ0v) is 16.0. The Morgan fingerprint density at radius 3 is 1.90 bits per heavy atom. The van der Waals surface area contributed by atoms with Gasteiger partial charge in [-0.05, 0) is 36.4 Å². The lowest BCUT2D eigenvalue weighted by atomic mass is 10.2. The normalized spacial score (nSPS) is 9.97. The first-order valence-corrected chi connectivity index (χ1v) is 8.65. The van der Waals surface area contributed by atoms with E-state index >= 15 is 0 Å². The number of benzene rings is 1. The van der Waals surface area contributed by atoms with Crippen LogP contribution in [0.2, 0.25) is 0 Å². The summed E-state index contributed by atoms with van der Waals surface area (Å²) in [6.07, 6.45) is 3.88. The first-order valence-electron chi connectivity index (χ1n) is 8.65. The van der Waals surface area contributed by atoms with Crippen LogP contribution in [0.4, 0.5) is 17.3 Å². The maximum atomic E-state index is 12.3. The number of amides is 2. The minimum absolute atomic E-state index is 0.282. The molecular formula is C18H16N8O5. The molecule has 158 valence electrons. The Hall–Kier alpha value is -4.81. The number of aromatic nitrogens is 3. The van der Waals surface area contributed by atoms with Gasteiger partial charge in [0, 0.05) is 23.5 Å². The van der Waals surface area contributed by atoms with Crippen LogP contribution in [-0.4, -0.2) is 38.8 Å². The number of rotatable bonds is 8. The van der Waals surface area contributed by atoms with E-state index in [-0.39, 0.29) is 22.8 Å². The van der Waals surface area contributed by atoms with Gasteiger partial charge in [0.2, 0.25) is 11.6 Å². The van der Waals surface area contributed by atoms with Gasteiger partial charge in [-0.25, -0.2) is 9.97 Å². The minimum atomic E-state index is -0.761. The first-order chi connectivity index (χ1) is 15.0. The van der Waals surface area contributed by atoms with Gasteiger partial charge in [-0.15, -0.1) is 0 Å². The molecule has 3 aromatic rings. The van der Waals surface area contributed by atoms with Crippen LogP contribution in [0.3, 0.4) is 0 Å². The van der Waals surface area contributed by atoms with Crippen molar-refractivity contribution in [3.8, 4) is 5.75 Å². The minimum Gasteiger partial charge on any atom is -0.497 e. The number of carbonyl (C=O) groups excluding carboxylic acids is 2. The fourth-order valence-electron chi connectivity index (χ4n) is 2.36. The lowest BCUT2D eigenvalue weighted by Gasteiger charge is -2.11. The van der Waals surface area contributed by atoms with E-state index in [1.165, 1.54) is 43.8 Å². The van der Waals surface area contributed by atoms with Gasteiger partial charge in [-0.2, -0.15) is 0 Å². The second-order valence-electron chi connectivity index (χ2n) is 5.80. The smallest absolute Gasteiger partial charge is 0.356 e. The van der Waals surface area contributed by atoms with Crippen LogP contribution in [-0.2, 0) is 0 Å². The van der Waals surface area contributed by atoms with Crippen LogP contribution < -0.4 is 26.4 Å². The van der Waals surface area contributed by atoms with Gasteiger partial charge in [0.15, 0.2) is 0 Å². The molecule has 2 amide bonds. The molecule has 0 bridgehead atoms. The van der Waals surface area contributed by atoms with Gasteiger partial charge in [0.1, 0.15) is 12.1 Å². The molecule has 2 heterocycles. The van der Waals surface area contributed by atoms with E-state index in [0.29, 0.717) is 5.75 Å². The average molecular weight is 424 g/mol. The van der Waals surface area contributed by atoms with Crippen molar-refractivity contribution in [1.29, 1.82) is 0 Å². The van der Waals surface area contributed by atoms with E-state index in [2.05, 4.69) is 36.7 Å². The molecule has 0 aliphatic heterocycles. The summed E-state index contributed by atoms with van der Waals surface area (Å²) in [5, 5.41) is 11.5. The predicted octanol–water partition coefficient (Wildman–Crippen LogP) is 1.30. The molecule has 31 heavy (non-hydrogen) atoms. The molecule has 0 saturated carbocycles. The maximum Gasteiger partial charge on any atom is 0.356 e. The highest BCUT2D eigenvalue weighted by Crippen LogP contribution is 2.27. The number of nitrogens with one attached hydrogen (secondary N) is 4. The fraction of sp³-hybridized carbons (Fsp3) is 0.0556. The van der Waals surface area contributed by atoms with Gasteiger partial charge in [-0.3, -0.25) is 46.4 Å². The van der Waals surface area contributed by atoms with E-state index in [0.717, 1.165) is 6.33 Å². The van der Waals surface area contributed by atoms with Crippen molar-refractivity contribution in [2.45, 2.75) is 0 Å². The average Bonchev–Trinajstić information content (AvgIpc) is 2.81. The highest BCUT2D eigenvalue weighted by molar-refractivity contribution is 5.96. The molecule has 4 N–H and O–H groups in total. The molecule has 13 heteroatoms. The Kier molecular flexibility index (Phi) is 6.47. The second-order valence-corrected chi connectivity index (χ2v) is 5.80. The molecule has 0 aliphatic carbocycles. The molecular weight excluding hydrogens is 408 g/mol. The number of hydrazine groups is 2. The number of ether oxygens (including phenoxy) is 1. The van der Waals surface area contributed by atoms with Crippen molar-refractivity contribution in [2.75, 3.05) is 18.0 Å². The molecule has 3 rings (SSSR count). The third-order valence-electron chi connectivity index (χ3n) is 3.89. The Morgan fingerprint density at radius 1 is 0.903 bits per heavy atom. The Morgan fingerprint density at radius 2 is 1.42 bits per heavy atom. The predicted molar refractivity (Wildman–Crippen MR) is 108 cm³/mol. The standard InChI is InChI=1S/C18H16N8O5/c1-31-13-4-2-11(3-5-13)17(27)24-22-15-14(26(29)30)16(21-10-20-15)23-25-18(28)12-6-8-19-9-7-12/h2-10H,1H3,(H,24,27)(H,25,28)(H2,20,21,22,23). The summed E-state index contributed by atoms with van der Waals surface area (Å²) in [7, 11) is 1.50.